The summed E-state index contributed by atoms with van der Waals surface area (Å²) in [6.45, 7) is 2.12. The van der Waals surface area contributed by atoms with Gasteiger partial charge in [0.05, 0.1) is 7.11 Å². The maximum Gasteiger partial charge on any atom is 0.119 e. The Balaban J connectivity index is 1.99. The standard InChI is InChI=1S/C18H17NO/c1-13(10-14-6-4-3-5-7-14)18-12-15-11-16(20-2)8-9-17(15)19-18/h3-12,19H,1-2H3/b13-10+. The molecule has 0 unspecified atom stereocenters. The first-order valence-corrected chi connectivity index (χ1v) is 6.67. The lowest BCUT2D eigenvalue weighted by atomic mass is 10.1. The van der Waals surface area contributed by atoms with Crippen LogP contribution in [0.2, 0.25) is 0 Å². The first-order valence-electron chi connectivity index (χ1n) is 6.67. The average Bonchev–Trinajstić information content (AvgIpc) is 2.91. The Labute approximate surface area is 118 Å². The molecule has 0 fully saturated rings. The molecule has 0 radical (unpaired) electrons. The van der Waals surface area contributed by atoms with Crippen molar-refractivity contribution in [1.29, 1.82) is 0 Å². The van der Waals surface area contributed by atoms with Gasteiger partial charge in [0.1, 0.15) is 5.75 Å². The van der Waals surface area contributed by atoms with Gasteiger partial charge in [-0.2, -0.15) is 0 Å². The van der Waals surface area contributed by atoms with Crippen LogP contribution in [0.1, 0.15) is 18.2 Å². The Morgan fingerprint density at radius 3 is 2.60 bits per heavy atom. The number of methoxy groups -OCH3 is 1. The van der Waals surface area contributed by atoms with Crippen LogP contribution in [0.3, 0.4) is 0 Å². The summed E-state index contributed by atoms with van der Waals surface area (Å²) >= 11 is 0. The van der Waals surface area contributed by atoms with Gasteiger partial charge in [0.25, 0.3) is 0 Å². The smallest absolute Gasteiger partial charge is 0.119 e. The van der Waals surface area contributed by atoms with E-state index >= 15 is 0 Å². The van der Waals surface area contributed by atoms with Gasteiger partial charge in [0, 0.05) is 16.6 Å². The molecule has 0 aliphatic carbocycles. The Kier molecular flexibility index (Phi) is 3.30. The average molecular weight is 263 g/mol. The Morgan fingerprint density at radius 1 is 1.05 bits per heavy atom. The third-order valence-electron chi connectivity index (χ3n) is 3.44. The van der Waals surface area contributed by atoms with Gasteiger partial charge >= 0.3 is 0 Å². The zero-order valence-corrected chi connectivity index (χ0v) is 11.7. The molecular formula is C18H17NO. The van der Waals surface area contributed by atoms with E-state index in [9.17, 15) is 0 Å². The molecule has 1 aromatic heterocycles. The van der Waals surface area contributed by atoms with Gasteiger partial charge in [0.2, 0.25) is 0 Å². The van der Waals surface area contributed by atoms with Crippen LogP contribution < -0.4 is 4.74 Å². The number of aromatic nitrogens is 1. The molecule has 20 heavy (non-hydrogen) atoms. The zero-order valence-electron chi connectivity index (χ0n) is 11.7. The topological polar surface area (TPSA) is 25.0 Å². The third kappa shape index (κ3) is 2.45. The number of nitrogens with one attached hydrogen (secondary N) is 1. The van der Waals surface area contributed by atoms with Gasteiger partial charge < -0.3 is 9.72 Å². The first-order chi connectivity index (χ1) is 9.76. The minimum Gasteiger partial charge on any atom is -0.497 e. The zero-order chi connectivity index (χ0) is 13.9. The van der Waals surface area contributed by atoms with Crippen molar-refractivity contribution in [3.8, 4) is 5.75 Å². The molecular weight excluding hydrogens is 246 g/mol. The van der Waals surface area contributed by atoms with Crippen LogP contribution in [0.15, 0.2) is 54.6 Å². The van der Waals surface area contributed by atoms with Gasteiger partial charge in [-0.05, 0) is 48.4 Å². The predicted octanol–water partition coefficient (Wildman–Crippen LogP) is 4.74. The van der Waals surface area contributed by atoms with Crippen molar-refractivity contribution < 1.29 is 4.74 Å². The maximum atomic E-state index is 5.26. The summed E-state index contributed by atoms with van der Waals surface area (Å²) in [5.74, 6) is 0.882. The summed E-state index contributed by atoms with van der Waals surface area (Å²) in [7, 11) is 1.69. The molecule has 0 bridgehead atoms. The molecule has 0 saturated carbocycles. The van der Waals surface area contributed by atoms with E-state index in [4.69, 9.17) is 4.74 Å². The molecule has 0 spiro atoms. The quantitative estimate of drug-likeness (QED) is 0.725. The van der Waals surface area contributed by atoms with E-state index in [1.54, 1.807) is 7.11 Å². The number of fused-ring (bicyclic) bond motifs is 1. The molecule has 1 heterocycles. The fourth-order valence-electron chi connectivity index (χ4n) is 2.33. The number of benzene rings is 2. The Hall–Kier alpha value is -2.48. The SMILES string of the molecule is COc1ccc2[nH]c(/C(C)=C/c3ccccc3)cc2c1. The molecule has 0 atom stereocenters. The van der Waals surface area contributed by atoms with Crippen molar-refractivity contribution in [2.75, 3.05) is 7.11 Å². The van der Waals surface area contributed by atoms with Crippen LogP contribution in [0.5, 0.6) is 5.75 Å². The summed E-state index contributed by atoms with van der Waals surface area (Å²) in [5.41, 5.74) is 4.69. The second kappa shape index (κ2) is 5.25. The van der Waals surface area contributed by atoms with Crippen molar-refractivity contribution in [3.05, 3.63) is 65.9 Å². The minimum atomic E-state index is 0.882. The highest BCUT2D eigenvalue weighted by atomic mass is 16.5. The molecule has 1 N–H and O–H groups in total. The maximum absolute atomic E-state index is 5.26. The van der Waals surface area contributed by atoms with Crippen LogP contribution in [-0.2, 0) is 0 Å². The number of allylic oxidation sites excluding steroid dienone is 1. The molecule has 2 heteroatoms. The van der Waals surface area contributed by atoms with E-state index < -0.39 is 0 Å². The molecule has 3 aromatic rings. The molecule has 2 nitrogen and oxygen atoms in total. The Morgan fingerprint density at radius 2 is 1.85 bits per heavy atom. The fourth-order valence-corrected chi connectivity index (χ4v) is 2.33. The van der Waals surface area contributed by atoms with E-state index in [2.05, 4.69) is 48.3 Å². The van der Waals surface area contributed by atoms with Crippen LogP contribution in [0.25, 0.3) is 22.6 Å². The lowest BCUT2D eigenvalue weighted by Crippen LogP contribution is -1.80. The highest BCUT2D eigenvalue weighted by molar-refractivity contribution is 5.89. The summed E-state index contributed by atoms with van der Waals surface area (Å²) in [6.07, 6.45) is 2.18. The van der Waals surface area contributed by atoms with Crippen LogP contribution in [-0.4, -0.2) is 12.1 Å². The van der Waals surface area contributed by atoms with Gasteiger partial charge in [-0.15, -0.1) is 0 Å². The highest BCUT2D eigenvalue weighted by Gasteiger charge is 2.03. The largest absolute Gasteiger partial charge is 0.497 e. The van der Waals surface area contributed by atoms with E-state index in [-0.39, 0.29) is 0 Å². The number of H-pyrrole nitrogens is 1. The second-order valence-electron chi connectivity index (χ2n) is 4.87. The molecule has 3 rings (SSSR count). The summed E-state index contributed by atoms with van der Waals surface area (Å²) in [4.78, 5) is 3.44. The highest BCUT2D eigenvalue weighted by Crippen LogP contribution is 2.25. The van der Waals surface area contributed by atoms with Crippen LogP contribution in [0.4, 0.5) is 0 Å². The molecule has 0 aliphatic rings. The van der Waals surface area contributed by atoms with Crippen LogP contribution >= 0.6 is 0 Å². The molecule has 0 aliphatic heterocycles. The van der Waals surface area contributed by atoms with E-state index in [0.717, 1.165) is 17.0 Å². The second-order valence-corrected chi connectivity index (χ2v) is 4.87. The third-order valence-corrected chi connectivity index (χ3v) is 3.44. The first kappa shape index (κ1) is 12.5. The van der Waals surface area contributed by atoms with Crippen molar-refractivity contribution in [2.45, 2.75) is 6.92 Å². The van der Waals surface area contributed by atoms with Gasteiger partial charge in [0.15, 0.2) is 0 Å². The number of ether oxygens (including phenoxy) is 1. The van der Waals surface area contributed by atoms with E-state index in [0.29, 0.717) is 0 Å². The number of hydrogen-bond acceptors (Lipinski definition) is 1. The van der Waals surface area contributed by atoms with E-state index in [1.807, 2.05) is 24.3 Å². The summed E-state index contributed by atoms with van der Waals surface area (Å²) in [6, 6.07) is 18.6. The molecule has 0 saturated heterocycles. The number of rotatable bonds is 3. The van der Waals surface area contributed by atoms with Crippen molar-refractivity contribution >= 4 is 22.6 Å². The predicted molar refractivity (Wildman–Crippen MR) is 84.8 cm³/mol. The normalized spacial score (nSPS) is 11.8. The van der Waals surface area contributed by atoms with Gasteiger partial charge in [-0.1, -0.05) is 30.3 Å². The fraction of sp³-hybridized carbons (Fsp3) is 0.111. The van der Waals surface area contributed by atoms with E-state index in [1.165, 1.54) is 16.5 Å². The Bertz CT molecular complexity index is 753. The minimum absolute atomic E-state index is 0.882. The lowest BCUT2D eigenvalue weighted by molar-refractivity contribution is 0.415. The summed E-state index contributed by atoms with van der Waals surface area (Å²) < 4.78 is 5.26. The number of hydrogen-bond donors (Lipinski definition) is 1. The van der Waals surface area contributed by atoms with Crippen molar-refractivity contribution in [1.82, 2.24) is 4.98 Å². The van der Waals surface area contributed by atoms with Crippen molar-refractivity contribution in [2.24, 2.45) is 0 Å². The van der Waals surface area contributed by atoms with Gasteiger partial charge in [-0.3, -0.25) is 0 Å². The monoisotopic (exact) mass is 263 g/mol. The molecule has 0 amide bonds. The van der Waals surface area contributed by atoms with Crippen LogP contribution in [0, 0.1) is 0 Å². The molecule has 2 aromatic carbocycles. The number of aromatic amines is 1. The summed E-state index contributed by atoms with van der Waals surface area (Å²) in [5, 5.41) is 1.17. The van der Waals surface area contributed by atoms with Gasteiger partial charge in [-0.25, -0.2) is 0 Å². The molecule has 100 valence electrons. The van der Waals surface area contributed by atoms with Crippen molar-refractivity contribution in [3.63, 3.8) is 0 Å². The lowest BCUT2D eigenvalue weighted by Gasteiger charge is -1.98.